The summed E-state index contributed by atoms with van der Waals surface area (Å²) < 4.78 is 2.28. The summed E-state index contributed by atoms with van der Waals surface area (Å²) in [6, 6.07) is 6.29. The van der Waals surface area contributed by atoms with E-state index >= 15 is 0 Å². The Morgan fingerprint density at radius 1 is 0.632 bits per heavy atom. The summed E-state index contributed by atoms with van der Waals surface area (Å²) in [5, 5.41) is 0. The van der Waals surface area contributed by atoms with E-state index in [2.05, 4.69) is 42.1 Å². The molecule has 0 bridgehead atoms. The van der Waals surface area contributed by atoms with Crippen molar-refractivity contribution in [2.45, 2.75) is 77.7 Å². The quantitative estimate of drug-likeness (QED) is 0.441. The maximum absolute atomic E-state index is 2.28. The molecule has 0 saturated carbocycles. The highest BCUT2D eigenvalue weighted by atomic mass is 14.9. The predicted octanol–water partition coefficient (Wildman–Crippen LogP) is 5.06. The maximum atomic E-state index is 2.28. The molecule has 2 heteroatoms. The molecule has 1 heterocycles. The van der Waals surface area contributed by atoms with Crippen molar-refractivity contribution in [3.8, 4) is 0 Å². The predicted molar refractivity (Wildman–Crippen MR) is 83.5 cm³/mol. The lowest BCUT2D eigenvalue weighted by Crippen LogP contribution is -2.32. The second-order valence-corrected chi connectivity index (χ2v) is 5.30. The third-order valence-electron chi connectivity index (χ3n) is 3.55. The van der Waals surface area contributed by atoms with Gasteiger partial charge in [-0.05, 0) is 6.42 Å². The first-order valence-electron chi connectivity index (χ1n) is 7.87. The van der Waals surface area contributed by atoms with Crippen LogP contribution in [0.4, 0.5) is 0 Å². The van der Waals surface area contributed by atoms with Gasteiger partial charge in [-0.2, -0.15) is 0 Å². The fourth-order valence-corrected chi connectivity index (χ4v) is 2.37. The molecule has 110 valence electrons. The van der Waals surface area contributed by atoms with Crippen LogP contribution in [0.1, 0.15) is 71.1 Å². The number of rotatable bonds is 11. The summed E-state index contributed by atoms with van der Waals surface area (Å²) in [5.74, 6) is 0. The lowest BCUT2D eigenvalue weighted by molar-refractivity contribution is -0.697. The first-order valence-corrected chi connectivity index (χ1v) is 7.87. The van der Waals surface area contributed by atoms with E-state index < -0.39 is 0 Å². The molecule has 1 rings (SSSR count). The van der Waals surface area contributed by atoms with E-state index in [1.807, 2.05) is 0 Å². The van der Waals surface area contributed by atoms with Gasteiger partial charge in [-0.25, -0.2) is 4.57 Å². The van der Waals surface area contributed by atoms with Gasteiger partial charge in [0.1, 0.15) is 6.54 Å². The Labute approximate surface area is 119 Å². The average molecular weight is 265 g/mol. The lowest BCUT2D eigenvalue weighted by Gasteiger charge is -2.01. The summed E-state index contributed by atoms with van der Waals surface area (Å²) in [6.07, 6.45) is 18.5. The highest BCUT2D eigenvalue weighted by molar-refractivity contribution is 4.83. The highest BCUT2D eigenvalue weighted by Crippen LogP contribution is 2.10. The Bertz CT molecular complexity index is 272. The van der Waals surface area contributed by atoms with Crippen molar-refractivity contribution >= 4 is 0 Å². The van der Waals surface area contributed by atoms with E-state index in [0.717, 1.165) is 0 Å². The third-order valence-corrected chi connectivity index (χ3v) is 3.55. The molecule has 0 aromatic carbocycles. The number of unbranched alkanes of at least 4 members (excludes halogenated alkanes) is 9. The first kappa shape index (κ1) is 18.1. The van der Waals surface area contributed by atoms with E-state index in [-0.39, 0.29) is 6.15 Å². The minimum Gasteiger partial charge on any atom is -0.344 e. The van der Waals surface area contributed by atoms with Gasteiger partial charge in [-0.3, -0.25) is 0 Å². The van der Waals surface area contributed by atoms with E-state index in [1.165, 1.54) is 70.8 Å². The van der Waals surface area contributed by atoms with E-state index in [0.29, 0.717) is 0 Å². The number of pyridine rings is 1. The normalized spacial score (nSPS) is 10.2. The van der Waals surface area contributed by atoms with Gasteiger partial charge in [0.25, 0.3) is 0 Å². The van der Waals surface area contributed by atoms with Crippen molar-refractivity contribution in [3.63, 3.8) is 0 Å². The van der Waals surface area contributed by atoms with Gasteiger partial charge in [-0.15, -0.1) is 0 Å². The van der Waals surface area contributed by atoms with Gasteiger partial charge in [0.2, 0.25) is 0 Å². The van der Waals surface area contributed by atoms with Gasteiger partial charge < -0.3 is 6.15 Å². The lowest BCUT2D eigenvalue weighted by atomic mass is 10.1. The topological polar surface area (TPSA) is 38.9 Å². The molecule has 0 aliphatic rings. The second-order valence-electron chi connectivity index (χ2n) is 5.30. The van der Waals surface area contributed by atoms with E-state index in [9.17, 15) is 0 Å². The number of nitrogens with zero attached hydrogens (tertiary/aromatic N) is 1. The van der Waals surface area contributed by atoms with Crippen molar-refractivity contribution in [3.05, 3.63) is 30.6 Å². The molecule has 0 aliphatic heterocycles. The van der Waals surface area contributed by atoms with Crippen LogP contribution in [0, 0.1) is 0 Å². The van der Waals surface area contributed by atoms with Crippen LogP contribution < -0.4 is 10.7 Å². The number of hydrogen-bond donors (Lipinski definition) is 1. The molecule has 0 saturated heterocycles. The van der Waals surface area contributed by atoms with Gasteiger partial charge in [0.15, 0.2) is 12.4 Å². The summed E-state index contributed by atoms with van der Waals surface area (Å²) in [5.41, 5.74) is 0. The highest BCUT2D eigenvalue weighted by Gasteiger charge is 1.97. The van der Waals surface area contributed by atoms with Crippen LogP contribution in [0.3, 0.4) is 0 Å². The van der Waals surface area contributed by atoms with Crippen LogP contribution in [-0.2, 0) is 6.54 Å². The molecular weight excluding hydrogens is 232 g/mol. The van der Waals surface area contributed by atoms with Crippen molar-refractivity contribution in [2.75, 3.05) is 0 Å². The van der Waals surface area contributed by atoms with Gasteiger partial charge >= 0.3 is 0 Å². The summed E-state index contributed by atoms with van der Waals surface area (Å²) in [6.45, 7) is 3.46. The van der Waals surface area contributed by atoms with Gasteiger partial charge in [0, 0.05) is 18.6 Å². The summed E-state index contributed by atoms with van der Waals surface area (Å²) in [4.78, 5) is 0. The maximum Gasteiger partial charge on any atom is 0.168 e. The fourth-order valence-electron chi connectivity index (χ4n) is 2.37. The monoisotopic (exact) mass is 265 g/mol. The standard InChI is InChI=1S/C17H30N.H3N/c1-2-3-4-5-6-7-8-9-10-12-15-18-16-13-11-14-17-18;/h11,13-14,16-17H,2-10,12,15H2,1H3;1H3/q+1;. The van der Waals surface area contributed by atoms with Gasteiger partial charge in [-0.1, -0.05) is 64.4 Å². The molecule has 0 amide bonds. The van der Waals surface area contributed by atoms with E-state index in [1.54, 1.807) is 0 Å². The molecule has 3 N–H and O–H groups in total. The Balaban J connectivity index is 0.00000324. The Hall–Kier alpha value is -0.890. The minimum absolute atomic E-state index is 0. The first-order chi connectivity index (χ1) is 8.93. The molecule has 0 spiro atoms. The molecule has 0 radical (unpaired) electrons. The van der Waals surface area contributed by atoms with Crippen LogP contribution >= 0.6 is 0 Å². The van der Waals surface area contributed by atoms with Crippen molar-refractivity contribution in [1.29, 1.82) is 0 Å². The second kappa shape index (κ2) is 13.5. The zero-order chi connectivity index (χ0) is 12.9. The third kappa shape index (κ3) is 10.7. The van der Waals surface area contributed by atoms with Crippen molar-refractivity contribution < 1.29 is 4.57 Å². The van der Waals surface area contributed by atoms with Crippen molar-refractivity contribution in [1.82, 2.24) is 6.15 Å². The van der Waals surface area contributed by atoms with Crippen LogP contribution in [-0.4, -0.2) is 0 Å². The van der Waals surface area contributed by atoms with Crippen LogP contribution in [0.15, 0.2) is 30.6 Å². The molecule has 0 aliphatic carbocycles. The molecule has 0 fully saturated rings. The van der Waals surface area contributed by atoms with Crippen molar-refractivity contribution in [2.24, 2.45) is 0 Å². The number of hydrogen-bond acceptors (Lipinski definition) is 1. The SMILES string of the molecule is CCCCCCCCCCCC[n+]1ccccc1.N. The zero-order valence-corrected chi connectivity index (χ0v) is 12.8. The molecule has 0 unspecified atom stereocenters. The largest absolute Gasteiger partial charge is 0.344 e. The fraction of sp³-hybridized carbons (Fsp3) is 0.706. The van der Waals surface area contributed by atoms with Gasteiger partial charge in [0.05, 0.1) is 0 Å². The zero-order valence-electron chi connectivity index (χ0n) is 12.8. The van der Waals surface area contributed by atoms with Crippen LogP contribution in [0.2, 0.25) is 0 Å². The average Bonchev–Trinajstić information content (AvgIpc) is 2.42. The van der Waals surface area contributed by atoms with E-state index in [4.69, 9.17) is 0 Å². The van der Waals surface area contributed by atoms with Crippen LogP contribution in [0.5, 0.6) is 0 Å². The number of aryl methyl sites for hydroxylation is 1. The minimum atomic E-state index is 0. The summed E-state index contributed by atoms with van der Waals surface area (Å²) in [7, 11) is 0. The molecular formula is C17H33N2+. The molecule has 19 heavy (non-hydrogen) atoms. The Morgan fingerprint density at radius 2 is 1.11 bits per heavy atom. The Kier molecular flexibility index (Phi) is 12.9. The smallest absolute Gasteiger partial charge is 0.168 e. The Morgan fingerprint density at radius 3 is 1.63 bits per heavy atom. The molecule has 0 atom stereocenters. The van der Waals surface area contributed by atoms with Crippen LogP contribution in [0.25, 0.3) is 0 Å². The molecule has 1 aromatic heterocycles. The number of aromatic nitrogens is 1. The molecule has 1 aromatic rings. The summed E-state index contributed by atoms with van der Waals surface area (Å²) >= 11 is 0. The molecule has 2 nitrogen and oxygen atoms in total.